The minimum absolute atomic E-state index is 0.125. The molecule has 156 valence electrons. The molecule has 0 radical (unpaired) electrons. The third-order valence-electron chi connectivity index (χ3n) is 4.88. The van der Waals surface area contributed by atoms with Gasteiger partial charge in [0.05, 0.1) is 19.4 Å². The van der Waals surface area contributed by atoms with Crippen molar-refractivity contribution in [3.63, 3.8) is 0 Å². The summed E-state index contributed by atoms with van der Waals surface area (Å²) >= 11 is 0. The van der Waals surface area contributed by atoms with E-state index < -0.39 is 6.10 Å². The quantitative estimate of drug-likeness (QED) is 0.448. The van der Waals surface area contributed by atoms with Gasteiger partial charge in [0, 0.05) is 18.7 Å². The van der Waals surface area contributed by atoms with Crippen LogP contribution in [0.4, 0.5) is 0 Å². The van der Waals surface area contributed by atoms with E-state index in [0.717, 1.165) is 29.9 Å². The van der Waals surface area contributed by atoms with Gasteiger partial charge in [-0.1, -0.05) is 35.5 Å². The average Bonchev–Trinajstić information content (AvgIpc) is 3.25. The molecule has 0 aromatic heterocycles. The van der Waals surface area contributed by atoms with Crippen LogP contribution in [0.15, 0.2) is 53.7 Å². The van der Waals surface area contributed by atoms with Crippen molar-refractivity contribution in [2.75, 3.05) is 20.3 Å². The van der Waals surface area contributed by atoms with E-state index in [9.17, 15) is 5.11 Å². The van der Waals surface area contributed by atoms with Gasteiger partial charge >= 0.3 is 0 Å². The second-order valence-corrected chi connectivity index (χ2v) is 7.24. The summed E-state index contributed by atoms with van der Waals surface area (Å²) in [5.41, 5.74) is 2.03. The first kappa shape index (κ1) is 21.1. The molecule has 1 aliphatic carbocycles. The van der Waals surface area contributed by atoms with Crippen molar-refractivity contribution >= 4 is 6.21 Å². The first-order chi connectivity index (χ1) is 14.2. The van der Waals surface area contributed by atoms with E-state index in [1.807, 2.05) is 48.5 Å². The van der Waals surface area contributed by atoms with Crippen molar-refractivity contribution in [2.24, 2.45) is 5.16 Å². The van der Waals surface area contributed by atoms with Crippen LogP contribution in [0.2, 0.25) is 0 Å². The van der Waals surface area contributed by atoms with E-state index in [1.54, 1.807) is 13.3 Å². The number of nitrogens with one attached hydrogen (secondary N) is 1. The van der Waals surface area contributed by atoms with Crippen LogP contribution >= 0.6 is 0 Å². The Kier molecular flexibility index (Phi) is 8.34. The molecule has 2 aromatic carbocycles. The zero-order valence-electron chi connectivity index (χ0n) is 16.9. The fourth-order valence-electron chi connectivity index (χ4n) is 3.32. The van der Waals surface area contributed by atoms with E-state index >= 15 is 0 Å². The van der Waals surface area contributed by atoms with E-state index in [4.69, 9.17) is 14.3 Å². The van der Waals surface area contributed by atoms with E-state index in [2.05, 4.69) is 10.5 Å². The molecule has 0 aliphatic heterocycles. The molecular formula is C23H30N2O4. The number of oxime groups is 1. The van der Waals surface area contributed by atoms with Gasteiger partial charge in [0.25, 0.3) is 0 Å². The van der Waals surface area contributed by atoms with Crippen molar-refractivity contribution in [3.8, 4) is 11.5 Å². The minimum atomic E-state index is -0.631. The smallest absolute Gasteiger partial charge is 0.162 e. The fraction of sp³-hybridized carbons (Fsp3) is 0.435. The van der Waals surface area contributed by atoms with Crippen LogP contribution in [0.1, 0.15) is 36.8 Å². The number of ether oxygens (including phenoxy) is 2. The summed E-state index contributed by atoms with van der Waals surface area (Å²) in [5, 5.41) is 17.2. The van der Waals surface area contributed by atoms with Crippen LogP contribution < -0.4 is 14.8 Å². The molecule has 1 atom stereocenters. The first-order valence-electron chi connectivity index (χ1n) is 10.2. The summed E-state index contributed by atoms with van der Waals surface area (Å²) in [6.45, 7) is 1.27. The summed E-state index contributed by atoms with van der Waals surface area (Å²) in [6.07, 6.45) is 5.83. The number of nitrogens with zero attached hydrogens (tertiary/aromatic N) is 1. The predicted molar refractivity (Wildman–Crippen MR) is 114 cm³/mol. The second kappa shape index (κ2) is 11.4. The van der Waals surface area contributed by atoms with E-state index in [-0.39, 0.29) is 12.7 Å². The molecule has 6 nitrogen and oxygen atoms in total. The maximum Gasteiger partial charge on any atom is 0.162 e. The Hall–Kier alpha value is -2.57. The standard InChI is InChI=1S/C23H30N2O4/c1-27-22-12-11-19(13-23(22)29-21-9-5-6-10-21)15-25-28-17-20(26)16-24-14-18-7-3-2-4-8-18/h2-4,7-8,11-13,15,20-21,24,26H,5-6,9-10,14,16-17H2,1H3/b25-15+. The number of hydrogen-bond donors (Lipinski definition) is 2. The average molecular weight is 399 g/mol. The molecule has 1 saturated carbocycles. The van der Waals surface area contributed by atoms with Gasteiger partial charge in [0.2, 0.25) is 0 Å². The second-order valence-electron chi connectivity index (χ2n) is 7.24. The third-order valence-corrected chi connectivity index (χ3v) is 4.88. The molecule has 0 amide bonds. The highest BCUT2D eigenvalue weighted by Gasteiger charge is 2.18. The van der Waals surface area contributed by atoms with Crippen LogP contribution in [-0.2, 0) is 11.4 Å². The third kappa shape index (κ3) is 7.07. The van der Waals surface area contributed by atoms with Gasteiger partial charge in [-0.3, -0.25) is 0 Å². The predicted octanol–water partition coefficient (Wildman–Crippen LogP) is 3.52. The van der Waals surface area contributed by atoms with Gasteiger partial charge in [-0.05, 0) is 49.4 Å². The molecule has 0 bridgehead atoms. The van der Waals surface area contributed by atoms with Gasteiger partial charge in [0.15, 0.2) is 11.5 Å². The summed E-state index contributed by atoms with van der Waals surface area (Å²) in [5.74, 6) is 1.45. The maximum absolute atomic E-state index is 10.00. The van der Waals surface area contributed by atoms with Gasteiger partial charge in [0.1, 0.15) is 12.7 Å². The Labute approximate surface area is 172 Å². The Morgan fingerprint density at radius 2 is 1.93 bits per heavy atom. The molecular weight excluding hydrogens is 368 g/mol. The van der Waals surface area contributed by atoms with Crippen molar-refractivity contribution in [1.82, 2.24) is 5.32 Å². The van der Waals surface area contributed by atoms with Gasteiger partial charge in [-0.15, -0.1) is 0 Å². The Morgan fingerprint density at radius 1 is 1.14 bits per heavy atom. The Balaban J connectivity index is 1.42. The molecule has 0 heterocycles. The van der Waals surface area contributed by atoms with Crippen molar-refractivity contribution in [1.29, 1.82) is 0 Å². The van der Waals surface area contributed by atoms with Gasteiger partial charge in [-0.25, -0.2) is 0 Å². The summed E-state index contributed by atoms with van der Waals surface area (Å²) < 4.78 is 11.5. The SMILES string of the molecule is COc1ccc(/C=N/OCC(O)CNCc2ccccc2)cc1OC1CCCC1. The van der Waals surface area contributed by atoms with Crippen LogP contribution in [0, 0.1) is 0 Å². The maximum atomic E-state index is 10.00. The van der Waals surface area contributed by atoms with Crippen LogP contribution in [-0.4, -0.2) is 43.8 Å². The molecule has 2 N–H and O–H groups in total. The zero-order chi connectivity index (χ0) is 20.3. The van der Waals surface area contributed by atoms with Gasteiger partial charge < -0.3 is 24.7 Å². The highest BCUT2D eigenvalue weighted by molar-refractivity contribution is 5.80. The van der Waals surface area contributed by atoms with Crippen LogP contribution in [0.3, 0.4) is 0 Å². The number of aliphatic hydroxyl groups is 1. The largest absolute Gasteiger partial charge is 0.493 e. The molecule has 0 spiro atoms. The number of aliphatic hydroxyl groups excluding tert-OH is 1. The molecule has 2 aromatic rings. The summed E-state index contributed by atoms with van der Waals surface area (Å²) in [7, 11) is 1.64. The zero-order valence-corrected chi connectivity index (χ0v) is 16.9. The lowest BCUT2D eigenvalue weighted by Crippen LogP contribution is -2.29. The van der Waals surface area contributed by atoms with Crippen molar-refractivity contribution < 1.29 is 19.4 Å². The highest BCUT2D eigenvalue weighted by atomic mass is 16.6. The van der Waals surface area contributed by atoms with Crippen LogP contribution in [0.5, 0.6) is 11.5 Å². The number of rotatable bonds is 11. The topological polar surface area (TPSA) is 72.3 Å². The first-order valence-corrected chi connectivity index (χ1v) is 10.2. The molecule has 3 rings (SSSR count). The number of methoxy groups -OCH3 is 1. The highest BCUT2D eigenvalue weighted by Crippen LogP contribution is 2.32. The van der Waals surface area contributed by atoms with Crippen molar-refractivity contribution in [3.05, 3.63) is 59.7 Å². The molecule has 6 heteroatoms. The summed E-state index contributed by atoms with van der Waals surface area (Å²) in [4.78, 5) is 5.24. The lowest BCUT2D eigenvalue weighted by atomic mass is 10.2. The number of benzene rings is 2. The van der Waals surface area contributed by atoms with Gasteiger partial charge in [-0.2, -0.15) is 0 Å². The molecule has 0 saturated heterocycles. The lowest BCUT2D eigenvalue weighted by molar-refractivity contribution is 0.0409. The minimum Gasteiger partial charge on any atom is -0.493 e. The Morgan fingerprint density at radius 3 is 2.69 bits per heavy atom. The molecule has 1 aliphatic rings. The Bertz CT molecular complexity index is 761. The molecule has 1 fully saturated rings. The fourth-order valence-corrected chi connectivity index (χ4v) is 3.32. The molecule has 29 heavy (non-hydrogen) atoms. The summed E-state index contributed by atoms with van der Waals surface area (Å²) in [6, 6.07) is 15.7. The van der Waals surface area contributed by atoms with E-state index in [1.165, 1.54) is 18.4 Å². The van der Waals surface area contributed by atoms with Crippen molar-refractivity contribution in [2.45, 2.75) is 44.4 Å². The van der Waals surface area contributed by atoms with E-state index in [0.29, 0.717) is 13.1 Å². The monoisotopic (exact) mass is 398 g/mol. The molecule has 1 unspecified atom stereocenters. The van der Waals surface area contributed by atoms with Crippen LogP contribution in [0.25, 0.3) is 0 Å². The normalized spacial score (nSPS) is 15.5. The number of hydrogen-bond acceptors (Lipinski definition) is 6. The lowest BCUT2D eigenvalue weighted by Gasteiger charge is -2.16.